The molecule has 24 heavy (non-hydrogen) atoms. The Labute approximate surface area is 147 Å². The first kappa shape index (κ1) is 17.5. The molecule has 1 saturated heterocycles. The molecule has 126 valence electrons. The van der Waals surface area contributed by atoms with Crippen molar-refractivity contribution in [2.24, 2.45) is 0 Å². The van der Waals surface area contributed by atoms with Crippen LogP contribution in [0.2, 0.25) is 13.1 Å². The summed E-state index contributed by atoms with van der Waals surface area (Å²) >= 11 is 0. The van der Waals surface area contributed by atoms with Gasteiger partial charge >= 0.3 is 7.12 Å². The number of hydrogen-bond acceptors (Lipinski definition) is 2. The van der Waals surface area contributed by atoms with Gasteiger partial charge in [0.15, 0.2) is 0 Å². The van der Waals surface area contributed by atoms with Crippen LogP contribution in [0.3, 0.4) is 0 Å². The van der Waals surface area contributed by atoms with Gasteiger partial charge in [0, 0.05) is 0 Å². The lowest BCUT2D eigenvalue weighted by molar-refractivity contribution is 0.00578. The first-order valence-electron chi connectivity index (χ1n) is 8.65. The third-order valence-electron chi connectivity index (χ3n) is 5.63. The Bertz CT molecular complexity index is 709. The van der Waals surface area contributed by atoms with E-state index in [1.54, 1.807) is 0 Å². The smallest absolute Gasteiger partial charge is 0.399 e. The fourth-order valence-electron chi connectivity index (χ4n) is 3.07. The first-order valence-corrected chi connectivity index (χ1v) is 11.7. The predicted octanol–water partition coefficient (Wildman–Crippen LogP) is 2.81. The second kappa shape index (κ2) is 5.87. The summed E-state index contributed by atoms with van der Waals surface area (Å²) in [6.45, 7) is 13.2. The van der Waals surface area contributed by atoms with Crippen molar-refractivity contribution >= 4 is 31.0 Å². The van der Waals surface area contributed by atoms with E-state index in [4.69, 9.17) is 9.31 Å². The van der Waals surface area contributed by atoms with Gasteiger partial charge in [0.05, 0.1) is 11.2 Å². The van der Waals surface area contributed by atoms with Gasteiger partial charge in [0.2, 0.25) is 0 Å². The number of benzene rings is 2. The predicted molar refractivity (Wildman–Crippen MR) is 105 cm³/mol. The molecule has 0 atom stereocenters. The van der Waals surface area contributed by atoms with Gasteiger partial charge in [-0.15, -0.1) is 0 Å². The SMILES string of the molecule is CC1(C)OB(c2cccc([Si](C)(C)c3ccccc3)c2)OC1(C)C. The van der Waals surface area contributed by atoms with Crippen molar-refractivity contribution in [2.45, 2.75) is 52.0 Å². The molecule has 4 heteroatoms. The standard InChI is InChI=1S/C20H27BO2Si/c1-19(2)20(3,4)23-21(22-19)16-11-10-14-18(15-16)24(5,6)17-12-8-7-9-13-17/h7-15H,1-6H3. The van der Waals surface area contributed by atoms with Crippen LogP contribution in [0, 0.1) is 0 Å². The summed E-state index contributed by atoms with van der Waals surface area (Å²) in [6.07, 6.45) is 0. The van der Waals surface area contributed by atoms with Crippen LogP contribution in [0.1, 0.15) is 27.7 Å². The molecule has 2 aromatic carbocycles. The molecule has 0 aromatic heterocycles. The Hall–Kier alpha value is -1.36. The molecule has 1 aliphatic rings. The minimum atomic E-state index is -1.72. The van der Waals surface area contributed by atoms with E-state index in [9.17, 15) is 0 Å². The topological polar surface area (TPSA) is 18.5 Å². The third kappa shape index (κ3) is 2.99. The summed E-state index contributed by atoms with van der Waals surface area (Å²) in [7, 11) is -2.02. The number of rotatable bonds is 3. The highest BCUT2D eigenvalue weighted by Gasteiger charge is 2.51. The Kier molecular flexibility index (Phi) is 4.27. The molecule has 2 nitrogen and oxygen atoms in total. The maximum Gasteiger partial charge on any atom is 0.494 e. The largest absolute Gasteiger partial charge is 0.494 e. The monoisotopic (exact) mass is 338 g/mol. The van der Waals surface area contributed by atoms with Crippen molar-refractivity contribution in [1.82, 2.24) is 0 Å². The Morgan fingerprint density at radius 2 is 1.29 bits per heavy atom. The maximum atomic E-state index is 6.22. The van der Waals surface area contributed by atoms with Crippen LogP contribution in [-0.4, -0.2) is 26.4 Å². The molecule has 0 bridgehead atoms. The molecule has 0 radical (unpaired) electrons. The molecule has 3 rings (SSSR count). The van der Waals surface area contributed by atoms with Crippen LogP contribution in [-0.2, 0) is 9.31 Å². The van der Waals surface area contributed by atoms with Crippen molar-refractivity contribution in [3.8, 4) is 0 Å². The molecule has 0 unspecified atom stereocenters. The Morgan fingerprint density at radius 3 is 1.88 bits per heavy atom. The van der Waals surface area contributed by atoms with Gasteiger partial charge in [0.1, 0.15) is 8.07 Å². The lowest BCUT2D eigenvalue weighted by Gasteiger charge is -2.32. The average molecular weight is 338 g/mol. The van der Waals surface area contributed by atoms with Crippen LogP contribution >= 0.6 is 0 Å². The van der Waals surface area contributed by atoms with Gasteiger partial charge in [0.25, 0.3) is 0 Å². The third-order valence-corrected chi connectivity index (χ3v) is 9.16. The van der Waals surface area contributed by atoms with Crippen molar-refractivity contribution < 1.29 is 9.31 Å². The molecule has 0 aliphatic carbocycles. The molecule has 2 aromatic rings. The Morgan fingerprint density at radius 1 is 0.750 bits per heavy atom. The fourth-order valence-corrected chi connectivity index (χ4v) is 5.47. The van der Waals surface area contributed by atoms with E-state index < -0.39 is 8.07 Å². The van der Waals surface area contributed by atoms with Gasteiger partial charge in [-0.3, -0.25) is 0 Å². The summed E-state index contributed by atoms with van der Waals surface area (Å²) in [5.74, 6) is 0. The fraction of sp³-hybridized carbons (Fsp3) is 0.400. The van der Waals surface area contributed by atoms with Crippen LogP contribution in [0.4, 0.5) is 0 Å². The van der Waals surface area contributed by atoms with E-state index in [2.05, 4.69) is 95.4 Å². The summed E-state index contributed by atoms with van der Waals surface area (Å²) in [4.78, 5) is 0. The van der Waals surface area contributed by atoms with Gasteiger partial charge in [-0.25, -0.2) is 0 Å². The van der Waals surface area contributed by atoms with E-state index in [0.29, 0.717) is 0 Å². The Balaban J connectivity index is 1.94. The highest BCUT2D eigenvalue weighted by atomic mass is 28.3. The quantitative estimate of drug-likeness (QED) is 0.802. The molecular formula is C20H27BO2Si. The van der Waals surface area contributed by atoms with E-state index >= 15 is 0 Å². The molecule has 1 fully saturated rings. The number of hydrogen-bond donors (Lipinski definition) is 0. The van der Waals surface area contributed by atoms with E-state index in [0.717, 1.165) is 5.46 Å². The van der Waals surface area contributed by atoms with Crippen LogP contribution < -0.4 is 15.8 Å². The maximum absolute atomic E-state index is 6.22. The van der Waals surface area contributed by atoms with Crippen LogP contribution in [0.25, 0.3) is 0 Å². The van der Waals surface area contributed by atoms with Gasteiger partial charge in [-0.1, -0.05) is 78.1 Å². The zero-order valence-corrected chi connectivity index (χ0v) is 16.6. The minimum Gasteiger partial charge on any atom is -0.399 e. The van der Waals surface area contributed by atoms with Crippen molar-refractivity contribution in [3.05, 3.63) is 54.6 Å². The normalized spacial score (nSPS) is 19.5. The van der Waals surface area contributed by atoms with E-state index in [1.807, 2.05) is 0 Å². The van der Waals surface area contributed by atoms with E-state index in [1.165, 1.54) is 10.4 Å². The van der Waals surface area contributed by atoms with Gasteiger partial charge < -0.3 is 9.31 Å². The summed E-state index contributed by atoms with van der Waals surface area (Å²) < 4.78 is 12.4. The molecule has 0 spiro atoms. The second-order valence-corrected chi connectivity index (χ2v) is 12.6. The first-order chi connectivity index (χ1) is 11.1. The van der Waals surface area contributed by atoms with Crippen LogP contribution in [0.15, 0.2) is 54.6 Å². The highest BCUT2D eigenvalue weighted by molar-refractivity contribution is 7.00. The van der Waals surface area contributed by atoms with Crippen LogP contribution in [0.5, 0.6) is 0 Å². The summed E-state index contributed by atoms with van der Waals surface area (Å²) in [6, 6.07) is 19.6. The molecule has 0 saturated carbocycles. The second-order valence-electron chi connectivity index (χ2n) is 8.20. The molecule has 0 N–H and O–H groups in total. The van der Waals surface area contributed by atoms with Crippen molar-refractivity contribution in [1.29, 1.82) is 0 Å². The van der Waals surface area contributed by atoms with Crippen molar-refractivity contribution in [2.75, 3.05) is 0 Å². The molecule has 1 heterocycles. The summed E-state index contributed by atoms with van der Waals surface area (Å²) in [5.41, 5.74) is 0.503. The minimum absolute atomic E-state index is 0.296. The molecule has 1 aliphatic heterocycles. The zero-order chi connectivity index (χ0) is 17.6. The lowest BCUT2D eigenvalue weighted by atomic mass is 9.79. The summed E-state index contributed by atoms with van der Waals surface area (Å²) in [5, 5.41) is 2.84. The average Bonchev–Trinajstić information content (AvgIpc) is 2.76. The van der Waals surface area contributed by atoms with Gasteiger partial charge in [-0.2, -0.15) is 0 Å². The highest BCUT2D eigenvalue weighted by Crippen LogP contribution is 2.36. The van der Waals surface area contributed by atoms with E-state index in [-0.39, 0.29) is 18.3 Å². The zero-order valence-electron chi connectivity index (χ0n) is 15.6. The van der Waals surface area contributed by atoms with Crippen molar-refractivity contribution in [3.63, 3.8) is 0 Å². The van der Waals surface area contributed by atoms with Gasteiger partial charge in [-0.05, 0) is 33.2 Å². The molecule has 0 amide bonds. The molecular weight excluding hydrogens is 311 g/mol. The lowest BCUT2D eigenvalue weighted by Crippen LogP contribution is -2.54.